The predicted molar refractivity (Wildman–Crippen MR) is 128 cm³/mol. The van der Waals surface area contributed by atoms with Gasteiger partial charge in [-0.25, -0.2) is 0 Å². The van der Waals surface area contributed by atoms with E-state index < -0.39 is 0 Å². The minimum atomic E-state index is -0.243. The lowest BCUT2D eigenvalue weighted by Crippen LogP contribution is -2.13. The number of hydrogen-bond donors (Lipinski definition) is 1. The van der Waals surface area contributed by atoms with E-state index in [0.29, 0.717) is 45.4 Å². The van der Waals surface area contributed by atoms with Crippen LogP contribution in [0.5, 0.6) is 5.75 Å². The minimum absolute atomic E-state index is 0.243. The maximum Gasteiger partial charge on any atom is 0.256 e. The molecule has 0 bridgehead atoms. The Morgan fingerprint density at radius 1 is 0.906 bits per heavy atom. The molecule has 162 valence electrons. The number of hydrogen-bond acceptors (Lipinski definition) is 3. The molecule has 4 aromatic rings. The third kappa shape index (κ3) is 5.82. The zero-order chi connectivity index (χ0) is 22.5. The Morgan fingerprint density at radius 3 is 2.44 bits per heavy atom. The number of nitrogens with zero attached hydrogens (tertiary/aromatic N) is 2. The van der Waals surface area contributed by atoms with E-state index in [-0.39, 0.29) is 5.91 Å². The number of rotatable bonds is 7. The van der Waals surface area contributed by atoms with Crippen LogP contribution < -0.4 is 10.1 Å². The molecule has 0 spiro atoms. The normalized spacial score (nSPS) is 10.7. The number of nitrogens with one attached hydrogen (secondary N) is 1. The monoisotopic (exact) mass is 485 g/mol. The first-order chi connectivity index (χ1) is 15.5. The second kappa shape index (κ2) is 10.1. The van der Waals surface area contributed by atoms with E-state index in [1.54, 1.807) is 53.3 Å². The quantitative estimate of drug-likeness (QED) is 0.315. The molecule has 0 aliphatic rings. The second-order valence-corrected chi connectivity index (χ2v) is 8.29. The molecule has 0 saturated heterocycles. The van der Waals surface area contributed by atoms with Gasteiger partial charge in [-0.3, -0.25) is 9.48 Å². The highest BCUT2D eigenvalue weighted by Crippen LogP contribution is 2.23. The molecule has 32 heavy (non-hydrogen) atoms. The molecular weight excluding hydrogens is 469 g/mol. The van der Waals surface area contributed by atoms with Gasteiger partial charge in [-0.2, -0.15) is 5.10 Å². The van der Waals surface area contributed by atoms with Crippen molar-refractivity contribution in [2.45, 2.75) is 13.2 Å². The molecule has 5 nitrogen and oxygen atoms in total. The maximum atomic E-state index is 12.6. The van der Waals surface area contributed by atoms with Gasteiger partial charge in [0, 0.05) is 22.8 Å². The molecule has 0 unspecified atom stereocenters. The molecule has 3 aromatic carbocycles. The van der Waals surface area contributed by atoms with Crippen molar-refractivity contribution in [1.29, 1.82) is 0 Å². The number of halogens is 3. The summed E-state index contributed by atoms with van der Waals surface area (Å²) >= 11 is 18.0. The van der Waals surface area contributed by atoms with E-state index >= 15 is 0 Å². The lowest BCUT2D eigenvalue weighted by atomic mass is 10.1. The first-order valence-corrected chi connectivity index (χ1v) is 10.9. The van der Waals surface area contributed by atoms with Crippen molar-refractivity contribution < 1.29 is 9.53 Å². The van der Waals surface area contributed by atoms with Gasteiger partial charge in [0.1, 0.15) is 12.4 Å². The van der Waals surface area contributed by atoms with Crippen LogP contribution in [-0.2, 0) is 13.2 Å². The Bertz CT molecular complexity index is 1240. The first-order valence-electron chi connectivity index (χ1n) is 9.72. The van der Waals surface area contributed by atoms with Crippen LogP contribution in [-0.4, -0.2) is 15.7 Å². The Morgan fingerprint density at radius 2 is 1.69 bits per heavy atom. The highest BCUT2D eigenvalue weighted by Gasteiger charge is 2.09. The third-order valence-electron chi connectivity index (χ3n) is 4.63. The van der Waals surface area contributed by atoms with Crippen LogP contribution in [0.1, 0.15) is 21.5 Å². The topological polar surface area (TPSA) is 56.2 Å². The summed E-state index contributed by atoms with van der Waals surface area (Å²) in [5, 5.41) is 8.81. The molecule has 4 rings (SSSR count). The van der Waals surface area contributed by atoms with Gasteiger partial charge in [0.2, 0.25) is 0 Å². The molecule has 1 N–H and O–H groups in total. The fraction of sp³-hybridized carbons (Fsp3) is 0.0833. The fourth-order valence-corrected chi connectivity index (χ4v) is 3.51. The first kappa shape index (κ1) is 22.2. The minimum Gasteiger partial charge on any atom is -0.489 e. The average molecular weight is 487 g/mol. The second-order valence-electron chi connectivity index (χ2n) is 7.04. The lowest BCUT2D eigenvalue weighted by Gasteiger charge is -2.08. The largest absolute Gasteiger partial charge is 0.489 e. The molecule has 0 atom stereocenters. The van der Waals surface area contributed by atoms with E-state index in [1.807, 2.05) is 30.3 Å². The molecule has 0 saturated carbocycles. The van der Waals surface area contributed by atoms with Crippen LogP contribution in [0, 0.1) is 0 Å². The Kier molecular flexibility index (Phi) is 7.00. The van der Waals surface area contributed by atoms with Crippen LogP contribution in [0.25, 0.3) is 0 Å². The van der Waals surface area contributed by atoms with Gasteiger partial charge >= 0.3 is 0 Å². The maximum absolute atomic E-state index is 12.6. The summed E-state index contributed by atoms with van der Waals surface area (Å²) in [5.41, 5.74) is 2.42. The molecule has 0 radical (unpaired) electrons. The van der Waals surface area contributed by atoms with Crippen molar-refractivity contribution in [1.82, 2.24) is 9.78 Å². The molecular formula is C24H18Cl3N3O2. The van der Waals surface area contributed by atoms with E-state index in [2.05, 4.69) is 10.4 Å². The number of ether oxygens (including phenoxy) is 1. The van der Waals surface area contributed by atoms with Crippen molar-refractivity contribution in [3.8, 4) is 5.75 Å². The van der Waals surface area contributed by atoms with Crippen molar-refractivity contribution in [3.63, 3.8) is 0 Å². The molecule has 0 aliphatic heterocycles. The Balaban J connectivity index is 1.33. The summed E-state index contributed by atoms with van der Waals surface area (Å²) in [6, 6.07) is 21.6. The summed E-state index contributed by atoms with van der Waals surface area (Å²) in [6.07, 6.45) is 1.79. The van der Waals surface area contributed by atoms with Crippen molar-refractivity contribution in [3.05, 3.63) is 111 Å². The SMILES string of the molecule is O=C(Nc1ccn(Cc2ccc(Cl)c(Cl)c2)n1)c1ccc(COc2cccc(Cl)c2)cc1. The summed E-state index contributed by atoms with van der Waals surface area (Å²) in [7, 11) is 0. The lowest BCUT2D eigenvalue weighted by molar-refractivity contribution is 0.102. The van der Waals surface area contributed by atoms with Gasteiger partial charge in [-0.15, -0.1) is 0 Å². The summed E-state index contributed by atoms with van der Waals surface area (Å²) in [5.74, 6) is 0.909. The van der Waals surface area contributed by atoms with Crippen LogP contribution >= 0.6 is 34.8 Å². The summed E-state index contributed by atoms with van der Waals surface area (Å²) in [4.78, 5) is 12.6. The summed E-state index contributed by atoms with van der Waals surface area (Å²) in [6.45, 7) is 0.884. The van der Waals surface area contributed by atoms with E-state index in [1.165, 1.54) is 0 Å². The predicted octanol–water partition coefficient (Wildman–Crippen LogP) is 6.72. The van der Waals surface area contributed by atoms with E-state index in [4.69, 9.17) is 39.5 Å². The van der Waals surface area contributed by atoms with Crippen LogP contribution in [0.4, 0.5) is 5.82 Å². The molecule has 0 aliphatic carbocycles. The zero-order valence-electron chi connectivity index (χ0n) is 16.8. The van der Waals surface area contributed by atoms with Crippen LogP contribution in [0.2, 0.25) is 15.1 Å². The van der Waals surface area contributed by atoms with Gasteiger partial charge < -0.3 is 10.1 Å². The van der Waals surface area contributed by atoms with Crippen LogP contribution in [0.3, 0.4) is 0 Å². The zero-order valence-corrected chi connectivity index (χ0v) is 19.0. The standard InChI is InChI=1S/C24H18Cl3N3O2/c25-19-2-1-3-20(13-19)32-15-16-4-7-18(8-5-16)24(31)28-23-10-11-30(29-23)14-17-6-9-21(26)22(27)12-17/h1-13H,14-15H2,(H,28,29,31). The highest BCUT2D eigenvalue weighted by atomic mass is 35.5. The molecule has 1 heterocycles. The van der Waals surface area contributed by atoms with Gasteiger partial charge in [0.05, 0.1) is 16.6 Å². The average Bonchev–Trinajstić information content (AvgIpc) is 3.22. The Labute approximate surface area is 200 Å². The molecule has 1 aromatic heterocycles. The van der Waals surface area contributed by atoms with Crippen molar-refractivity contribution in [2.24, 2.45) is 0 Å². The van der Waals surface area contributed by atoms with E-state index in [9.17, 15) is 4.79 Å². The molecule has 0 fully saturated rings. The van der Waals surface area contributed by atoms with Crippen LogP contribution in [0.15, 0.2) is 79.0 Å². The highest BCUT2D eigenvalue weighted by molar-refractivity contribution is 6.42. The summed E-state index contributed by atoms with van der Waals surface area (Å²) < 4.78 is 7.43. The number of amides is 1. The number of benzene rings is 3. The fourth-order valence-electron chi connectivity index (χ4n) is 3.01. The molecule has 8 heteroatoms. The van der Waals surface area contributed by atoms with Gasteiger partial charge in [0.25, 0.3) is 5.91 Å². The smallest absolute Gasteiger partial charge is 0.256 e. The van der Waals surface area contributed by atoms with Gasteiger partial charge in [-0.05, 0) is 53.6 Å². The third-order valence-corrected chi connectivity index (χ3v) is 5.60. The van der Waals surface area contributed by atoms with Crippen molar-refractivity contribution in [2.75, 3.05) is 5.32 Å². The number of anilines is 1. The van der Waals surface area contributed by atoms with E-state index in [0.717, 1.165) is 11.1 Å². The number of carbonyl (C=O) groups excluding carboxylic acids is 1. The van der Waals surface area contributed by atoms with Gasteiger partial charge in [0.15, 0.2) is 5.82 Å². The van der Waals surface area contributed by atoms with Gasteiger partial charge in [-0.1, -0.05) is 59.1 Å². The molecule has 1 amide bonds. The number of aromatic nitrogens is 2. The van der Waals surface area contributed by atoms with Crippen molar-refractivity contribution >= 4 is 46.5 Å². The number of carbonyl (C=O) groups is 1. The Hall–Kier alpha value is -2.99.